The lowest BCUT2D eigenvalue weighted by Gasteiger charge is -2.27. The van der Waals surface area contributed by atoms with Crippen LogP contribution in [0.3, 0.4) is 0 Å². The van der Waals surface area contributed by atoms with E-state index in [1.165, 1.54) is 0 Å². The van der Waals surface area contributed by atoms with E-state index in [1.807, 2.05) is 24.3 Å². The van der Waals surface area contributed by atoms with E-state index in [2.05, 4.69) is 5.32 Å². The summed E-state index contributed by atoms with van der Waals surface area (Å²) in [6.07, 6.45) is 0. The van der Waals surface area contributed by atoms with Gasteiger partial charge in [0.2, 0.25) is 0 Å². The van der Waals surface area contributed by atoms with Crippen LogP contribution < -0.4 is 5.32 Å². The molecule has 1 aromatic rings. The first-order valence-corrected chi connectivity index (χ1v) is 6.94. The van der Waals surface area contributed by atoms with E-state index in [9.17, 15) is 14.7 Å². The van der Waals surface area contributed by atoms with Crippen LogP contribution in [0, 0.1) is 5.41 Å². The molecule has 2 atom stereocenters. The van der Waals surface area contributed by atoms with Gasteiger partial charge in [-0.15, -0.1) is 0 Å². The highest BCUT2D eigenvalue weighted by Gasteiger charge is 2.47. The maximum Gasteiger partial charge on any atom is 0.318 e. The van der Waals surface area contributed by atoms with Crippen LogP contribution in [-0.4, -0.2) is 41.3 Å². The molecular weight excluding hydrogens is 272 g/mol. The lowest BCUT2D eigenvalue weighted by Crippen LogP contribution is -2.52. The summed E-state index contributed by atoms with van der Waals surface area (Å²) in [5.74, 6) is -0.949. The molecule has 0 spiro atoms. The van der Waals surface area contributed by atoms with Crippen molar-refractivity contribution in [2.45, 2.75) is 26.1 Å². The topological polar surface area (TPSA) is 78.9 Å². The van der Waals surface area contributed by atoms with Gasteiger partial charge in [0.15, 0.2) is 0 Å². The Bertz CT molecular complexity index is 564. The molecule has 0 saturated carbocycles. The third kappa shape index (κ3) is 2.35. The molecule has 0 radical (unpaired) electrons. The number of urea groups is 1. The highest BCUT2D eigenvalue weighted by Crippen LogP contribution is 2.29. The van der Waals surface area contributed by atoms with Gasteiger partial charge in [0.1, 0.15) is 5.41 Å². The predicted molar refractivity (Wildman–Crippen MR) is 74.6 cm³/mol. The Morgan fingerprint density at radius 2 is 1.95 bits per heavy atom. The maximum absolute atomic E-state index is 12.3. The number of hydrogen-bond donors (Lipinski definition) is 2. The number of carboxylic acids is 1. The molecule has 2 heterocycles. The Labute approximate surface area is 122 Å². The Morgan fingerprint density at radius 3 is 2.52 bits per heavy atom. The largest absolute Gasteiger partial charge is 0.481 e. The van der Waals surface area contributed by atoms with Crippen LogP contribution in [0.4, 0.5) is 4.79 Å². The fourth-order valence-corrected chi connectivity index (χ4v) is 2.80. The number of nitrogens with zero attached hydrogens (tertiary/aromatic N) is 1. The minimum absolute atomic E-state index is 0.119. The van der Waals surface area contributed by atoms with Crippen molar-refractivity contribution in [3.63, 3.8) is 0 Å². The lowest BCUT2D eigenvalue weighted by atomic mass is 9.85. The zero-order chi connectivity index (χ0) is 15.0. The molecule has 2 N–H and O–H groups in total. The smallest absolute Gasteiger partial charge is 0.318 e. The first-order valence-electron chi connectivity index (χ1n) is 6.94. The standard InChI is InChI=1S/C15H18N2O4/c1-15(13(18)19)9-21-8-12(15)16-14(20)17-6-10-4-2-3-5-11(10)7-17/h2-5,12H,6-9H2,1H3,(H,16,20)(H,18,19). The number of ether oxygens (including phenoxy) is 1. The number of benzene rings is 1. The number of amides is 2. The van der Waals surface area contributed by atoms with Crippen molar-refractivity contribution >= 4 is 12.0 Å². The van der Waals surface area contributed by atoms with E-state index >= 15 is 0 Å². The zero-order valence-electron chi connectivity index (χ0n) is 11.8. The van der Waals surface area contributed by atoms with E-state index in [0.29, 0.717) is 13.1 Å². The van der Waals surface area contributed by atoms with Gasteiger partial charge in [-0.3, -0.25) is 4.79 Å². The first kappa shape index (κ1) is 13.9. The molecule has 0 aliphatic carbocycles. The molecule has 6 heteroatoms. The second-order valence-electron chi connectivity index (χ2n) is 5.86. The fraction of sp³-hybridized carbons (Fsp3) is 0.467. The number of carbonyl (C=O) groups excluding carboxylic acids is 1. The average Bonchev–Trinajstić information content (AvgIpc) is 3.04. The molecular formula is C15H18N2O4. The molecule has 2 amide bonds. The Hall–Kier alpha value is -2.08. The van der Waals surface area contributed by atoms with Gasteiger partial charge in [0.05, 0.1) is 19.3 Å². The molecule has 1 saturated heterocycles. The number of nitrogens with one attached hydrogen (secondary N) is 1. The quantitative estimate of drug-likeness (QED) is 0.858. The minimum Gasteiger partial charge on any atom is -0.481 e. The van der Waals surface area contributed by atoms with E-state index in [-0.39, 0.29) is 19.2 Å². The lowest BCUT2D eigenvalue weighted by molar-refractivity contribution is -0.148. The maximum atomic E-state index is 12.3. The van der Waals surface area contributed by atoms with Gasteiger partial charge >= 0.3 is 12.0 Å². The van der Waals surface area contributed by atoms with Crippen LogP contribution in [0.1, 0.15) is 18.1 Å². The molecule has 2 unspecified atom stereocenters. The molecule has 2 aliphatic heterocycles. The molecule has 1 aromatic carbocycles. The number of carboxylic acid groups (broad SMARTS) is 1. The van der Waals surface area contributed by atoms with Crippen LogP contribution in [0.15, 0.2) is 24.3 Å². The summed E-state index contributed by atoms with van der Waals surface area (Å²) < 4.78 is 5.25. The third-order valence-electron chi connectivity index (χ3n) is 4.37. The zero-order valence-corrected chi connectivity index (χ0v) is 11.8. The molecule has 1 fully saturated rings. The average molecular weight is 290 g/mol. The second kappa shape index (κ2) is 5.04. The van der Waals surface area contributed by atoms with E-state index in [1.54, 1.807) is 11.8 Å². The molecule has 112 valence electrons. The van der Waals surface area contributed by atoms with Crippen molar-refractivity contribution < 1.29 is 19.4 Å². The summed E-state index contributed by atoms with van der Waals surface area (Å²) in [4.78, 5) is 25.4. The van der Waals surface area contributed by atoms with E-state index < -0.39 is 17.4 Å². The van der Waals surface area contributed by atoms with Crippen molar-refractivity contribution in [2.24, 2.45) is 5.41 Å². The number of aliphatic carboxylic acids is 1. The van der Waals surface area contributed by atoms with Crippen LogP contribution >= 0.6 is 0 Å². The van der Waals surface area contributed by atoms with E-state index in [0.717, 1.165) is 11.1 Å². The molecule has 3 rings (SSSR count). The normalized spacial score (nSPS) is 27.5. The SMILES string of the molecule is CC1(C(=O)O)COCC1NC(=O)N1Cc2ccccc2C1. The molecule has 2 aliphatic rings. The van der Waals surface area contributed by atoms with Crippen molar-refractivity contribution in [3.05, 3.63) is 35.4 Å². The predicted octanol–water partition coefficient (Wildman–Crippen LogP) is 1.20. The van der Waals surface area contributed by atoms with Gasteiger partial charge < -0.3 is 20.1 Å². The van der Waals surface area contributed by atoms with Gasteiger partial charge in [0.25, 0.3) is 0 Å². The van der Waals surface area contributed by atoms with Gasteiger partial charge in [0, 0.05) is 13.1 Å². The Kier molecular flexibility index (Phi) is 3.33. The summed E-state index contributed by atoms with van der Waals surface area (Å²) >= 11 is 0. The number of fused-ring (bicyclic) bond motifs is 1. The van der Waals surface area contributed by atoms with E-state index in [4.69, 9.17) is 4.74 Å². The third-order valence-corrected chi connectivity index (χ3v) is 4.37. The first-order chi connectivity index (χ1) is 10.0. The summed E-state index contributed by atoms with van der Waals surface area (Å²) in [7, 11) is 0. The van der Waals surface area contributed by atoms with Crippen LogP contribution in [0.5, 0.6) is 0 Å². The van der Waals surface area contributed by atoms with Crippen molar-refractivity contribution in [1.82, 2.24) is 10.2 Å². The second-order valence-corrected chi connectivity index (χ2v) is 5.86. The number of hydrogen-bond acceptors (Lipinski definition) is 3. The summed E-state index contributed by atoms with van der Waals surface area (Å²) in [5.41, 5.74) is 1.20. The molecule has 21 heavy (non-hydrogen) atoms. The van der Waals surface area contributed by atoms with Gasteiger partial charge in [-0.2, -0.15) is 0 Å². The molecule has 6 nitrogen and oxygen atoms in total. The van der Waals surface area contributed by atoms with Gasteiger partial charge in [-0.05, 0) is 18.1 Å². The number of rotatable bonds is 2. The highest BCUT2D eigenvalue weighted by atomic mass is 16.5. The van der Waals surface area contributed by atoms with Gasteiger partial charge in [-0.25, -0.2) is 4.79 Å². The highest BCUT2D eigenvalue weighted by molar-refractivity contribution is 5.79. The number of carbonyl (C=O) groups is 2. The Balaban J connectivity index is 1.67. The minimum atomic E-state index is -1.07. The summed E-state index contributed by atoms with van der Waals surface area (Å²) in [6.45, 7) is 3.06. The van der Waals surface area contributed by atoms with Crippen LogP contribution in [0.2, 0.25) is 0 Å². The van der Waals surface area contributed by atoms with Crippen molar-refractivity contribution in [2.75, 3.05) is 13.2 Å². The fourth-order valence-electron chi connectivity index (χ4n) is 2.80. The van der Waals surface area contributed by atoms with Gasteiger partial charge in [-0.1, -0.05) is 24.3 Å². The summed E-state index contributed by atoms with van der Waals surface area (Å²) in [6, 6.07) is 7.16. The Morgan fingerprint density at radius 1 is 1.33 bits per heavy atom. The van der Waals surface area contributed by atoms with Crippen molar-refractivity contribution in [3.8, 4) is 0 Å². The van der Waals surface area contributed by atoms with Crippen molar-refractivity contribution in [1.29, 1.82) is 0 Å². The monoisotopic (exact) mass is 290 g/mol. The summed E-state index contributed by atoms with van der Waals surface area (Å²) in [5, 5.41) is 12.1. The van der Waals surface area contributed by atoms with Crippen LogP contribution in [-0.2, 0) is 22.6 Å². The molecule has 0 aromatic heterocycles. The molecule has 0 bridgehead atoms. The van der Waals surface area contributed by atoms with Crippen LogP contribution in [0.25, 0.3) is 0 Å².